The highest BCUT2D eigenvalue weighted by Gasteiger charge is 2.14. The zero-order valence-electron chi connectivity index (χ0n) is 14.8. The average molecular weight is 366 g/mol. The minimum Gasteiger partial charge on any atom is -0.374 e. The van der Waals surface area contributed by atoms with Gasteiger partial charge in [-0.2, -0.15) is 0 Å². The van der Waals surface area contributed by atoms with Crippen LogP contribution in [0.3, 0.4) is 0 Å². The molecule has 2 heterocycles. The third-order valence-electron chi connectivity index (χ3n) is 4.69. The summed E-state index contributed by atoms with van der Waals surface area (Å²) in [4.78, 5) is 18.9. The van der Waals surface area contributed by atoms with E-state index in [1.807, 2.05) is 24.3 Å². The van der Waals surface area contributed by atoms with E-state index in [1.54, 1.807) is 11.3 Å². The van der Waals surface area contributed by atoms with E-state index in [1.165, 1.54) is 17.7 Å². The third kappa shape index (κ3) is 3.65. The van der Waals surface area contributed by atoms with Crippen LogP contribution in [0.2, 0.25) is 0 Å². The highest BCUT2D eigenvalue weighted by Crippen LogP contribution is 2.26. The Morgan fingerprint density at radius 1 is 1.19 bits per heavy atom. The van der Waals surface area contributed by atoms with Gasteiger partial charge in [-0.15, -0.1) is 11.3 Å². The molecule has 5 nitrogen and oxygen atoms in total. The molecule has 0 fully saturated rings. The number of aromatic nitrogens is 1. The Hall–Kier alpha value is -2.60. The monoisotopic (exact) mass is 366 g/mol. The number of rotatable bonds is 4. The number of fused-ring (bicyclic) bond motifs is 2. The van der Waals surface area contributed by atoms with Crippen molar-refractivity contribution in [1.82, 2.24) is 15.6 Å². The predicted molar refractivity (Wildman–Crippen MR) is 107 cm³/mol. The van der Waals surface area contributed by atoms with Crippen LogP contribution in [0.25, 0.3) is 10.2 Å². The molecule has 0 saturated carbocycles. The third-order valence-corrected chi connectivity index (χ3v) is 5.72. The van der Waals surface area contributed by atoms with Gasteiger partial charge in [-0.05, 0) is 42.2 Å². The van der Waals surface area contributed by atoms with Gasteiger partial charge in [0.05, 0.1) is 16.8 Å². The molecule has 6 heteroatoms. The topological polar surface area (TPSA) is 57.3 Å². The SMILES string of the molecule is CN1CCCc2cc(CNC(=O)NCc3nc4ccccc4s3)ccc21. The van der Waals surface area contributed by atoms with E-state index in [2.05, 4.69) is 45.8 Å². The van der Waals surface area contributed by atoms with E-state index < -0.39 is 0 Å². The molecule has 0 saturated heterocycles. The summed E-state index contributed by atoms with van der Waals surface area (Å²) in [5, 5.41) is 6.74. The van der Waals surface area contributed by atoms with Gasteiger partial charge < -0.3 is 15.5 Å². The van der Waals surface area contributed by atoms with Gasteiger partial charge in [0.1, 0.15) is 5.01 Å². The lowest BCUT2D eigenvalue weighted by Crippen LogP contribution is -2.34. The first-order valence-electron chi connectivity index (χ1n) is 8.88. The fourth-order valence-corrected chi connectivity index (χ4v) is 4.25. The highest BCUT2D eigenvalue weighted by molar-refractivity contribution is 7.18. The molecule has 0 unspecified atom stereocenters. The minimum atomic E-state index is -0.168. The van der Waals surface area contributed by atoms with Gasteiger partial charge in [0, 0.05) is 25.8 Å². The number of carbonyl (C=O) groups excluding carboxylic acids is 1. The summed E-state index contributed by atoms with van der Waals surface area (Å²) in [6, 6.07) is 14.3. The van der Waals surface area contributed by atoms with Crippen LogP contribution in [0.1, 0.15) is 22.6 Å². The molecular formula is C20H22N4OS. The number of urea groups is 1. The minimum absolute atomic E-state index is 0.168. The van der Waals surface area contributed by atoms with Gasteiger partial charge in [-0.3, -0.25) is 0 Å². The van der Waals surface area contributed by atoms with E-state index >= 15 is 0 Å². The molecule has 1 aliphatic rings. The smallest absolute Gasteiger partial charge is 0.315 e. The van der Waals surface area contributed by atoms with Crippen molar-refractivity contribution in [2.24, 2.45) is 0 Å². The number of benzene rings is 2. The van der Waals surface area contributed by atoms with Crippen molar-refractivity contribution in [3.8, 4) is 0 Å². The first kappa shape index (κ1) is 16.8. The first-order chi connectivity index (χ1) is 12.7. The number of hydrogen-bond acceptors (Lipinski definition) is 4. The number of hydrogen-bond donors (Lipinski definition) is 2. The van der Waals surface area contributed by atoms with E-state index in [0.717, 1.165) is 33.8 Å². The van der Waals surface area contributed by atoms with Crippen molar-refractivity contribution in [1.29, 1.82) is 0 Å². The number of amides is 2. The lowest BCUT2D eigenvalue weighted by Gasteiger charge is -2.27. The summed E-state index contributed by atoms with van der Waals surface area (Å²) < 4.78 is 1.14. The quantitative estimate of drug-likeness (QED) is 0.741. The van der Waals surface area contributed by atoms with Gasteiger partial charge in [-0.25, -0.2) is 9.78 Å². The summed E-state index contributed by atoms with van der Waals surface area (Å²) in [5.41, 5.74) is 4.79. The normalized spacial score (nSPS) is 13.5. The molecule has 2 amide bonds. The van der Waals surface area contributed by atoms with Crippen LogP contribution in [-0.2, 0) is 19.5 Å². The molecule has 0 spiro atoms. The molecule has 0 atom stereocenters. The van der Waals surface area contributed by atoms with Crippen LogP contribution in [-0.4, -0.2) is 24.6 Å². The summed E-state index contributed by atoms with van der Waals surface area (Å²) in [6.45, 7) is 2.08. The molecule has 134 valence electrons. The highest BCUT2D eigenvalue weighted by atomic mass is 32.1. The number of thiazole rings is 1. The standard InChI is InChI=1S/C20H22N4OS/c1-24-10-4-5-15-11-14(8-9-17(15)24)12-21-20(25)22-13-19-23-16-6-2-3-7-18(16)26-19/h2-3,6-9,11H,4-5,10,12-13H2,1H3,(H2,21,22,25). The van der Waals surface area contributed by atoms with Crippen molar-refractivity contribution in [3.05, 3.63) is 58.6 Å². The van der Waals surface area contributed by atoms with Crippen LogP contribution in [0, 0.1) is 0 Å². The molecule has 0 radical (unpaired) electrons. The second kappa shape index (κ2) is 7.33. The molecule has 0 aliphatic carbocycles. The van der Waals surface area contributed by atoms with Gasteiger partial charge in [-0.1, -0.05) is 24.3 Å². The van der Waals surface area contributed by atoms with Crippen molar-refractivity contribution in [2.75, 3.05) is 18.5 Å². The molecule has 0 bridgehead atoms. The number of nitrogens with zero attached hydrogens (tertiary/aromatic N) is 2. The Bertz CT molecular complexity index is 903. The van der Waals surface area contributed by atoms with Crippen molar-refractivity contribution < 1.29 is 4.79 Å². The number of nitrogens with one attached hydrogen (secondary N) is 2. The lowest BCUT2D eigenvalue weighted by molar-refractivity contribution is 0.240. The Kier molecular flexibility index (Phi) is 4.75. The Morgan fingerprint density at radius 3 is 2.92 bits per heavy atom. The van der Waals surface area contributed by atoms with Crippen LogP contribution in [0.5, 0.6) is 0 Å². The Morgan fingerprint density at radius 2 is 2.04 bits per heavy atom. The van der Waals surface area contributed by atoms with E-state index in [4.69, 9.17) is 0 Å². The summed E-state index contributed by atoms with van der Waals surface area (Å²) in [5.74, 6) is 0. The Labute approximate surface area is 157 Å². The van der Waals surface area contributed by atoms with Gasteiger partial charge in [0.15, 0.2) is 0 Å². The maximum atomic E-state index is 12.1. The van der Waals surface area contributed by atoms with Gasteiger partial charge in [0.2, 0.25) is 0 Å². The maximum Gasteiger partial charge on any atom is 0.315 e. The zero-order chi connectivity index (χ0) is 17.9. The average Bonchev–Trinajstić information content (AvgIpc) is 3.08. The fourth-order valence-electron chi connectivity index (χ4n) is 3.34. The lowest BCUT2D eigenvalue weighted by atomic mass is 9.99. The molecule has 2 aromatic carbocycles. The molecule has 2 N–H and O–H groups in total. The fraction of sp³-hybridized carbons (Fsp3) is 0.300. The van der Waals surface area contributed by atoms with Crippen molar-refractivity contribution in [2.45, 2.75) is 25.9 Å². The maximum absolute atomic E-state index is 12.1. The summed E-state index contributed by atoms with van der Waals surface area (Å²) >= 11 is 1.61. The molecule has 4 rings (SSSR count). The summed E-state index contributed by atoms with van der Waals surface area (Å²) in [7, 11) is 2.13. The number of aryl methyl sites for hydroxylation is 1. The van der Waals surface area contributed by atoms with E-state index in [-0.39, 0.29) is 6.03 Å². The molecule has 3 aromatic rings. The van der Waals surface area contributed by atoms with Crippen molar-refractivity contribution >= 4 is 33.3 Å². The van der Waals surface area contributed by atoms with Gasteiger partial charge >= 0.3 is 6.03 Å². The van der Waals surface area contributed by atoms with Crippen LogP contribution in [0.15, 0.2) is 42.5 Å². The Balaban J connectivity index is 1.31. The second-order valence-electron chi connectivity index (χ2n) is 6.60. The molecular weight excluding hydrogens is 344 g/mol. The van der Waals surface area contributed by atoms with E-state index in [9.17, 15) is 4.79 Å². The number of para-hydroxylation sites is 1. The molecule has 26 heavy (non-hydrogen) atoms. The number of anilines is 1. The van der Waals surface area contributed by atoms with Crippen LogP contribution in [0.4, 0.5) is 10.5 Å². The summed E-state index contributed by atoms with van der Waals surface area (Å²) in [6.07, 6.45) is 2.29. The second-order valence-corrected chi connectivity index (χ2v) is 7.71. The zero-order valence-corrected chi connectivity index (χ0v) is 15.6. The largest absolute Gasteiger partial charge is 0.374 e. The first-order valence-corrected chi connectivity index (χ1v) is 9.70. The van der Waals surface area contributed by atoms with Crippen LogP contribution < -0.4 is 15.5 Å². The molecule has 1 aromatic heterocycles. The van der Waals surface area contributed by atoms with Gasteiger partial charge in [0.25, 0.3) is 0 Å². The van der Waals surface area contributed by atoms with Crippen molar-refractivity contribution in [3.63, 3.8) is 0 Å². The molecule has 1 aliphatic heterocycles. The van der Waals surface area contributed by atoms with Crippen LogP contribution >= 0.6 is 11.3 Å². The number of carbonyl (C=O) groups is 1. The predicted octanol–water partition coefficient (Wildman–Crippen LogP) is 3.68. The van der Waals surface area contributed by atoms with E-state index in [0.29, 0.717) is 13.1 Å².